The van der Waals surface area contributed by atoms with Crippen molar-refractivity contribution in [2.45, 2.75) is 18.9 Å². The second kappa shape index (κ2) is 7.67. The fraction of sp³-hybridized carbons (Fsp3) is 0.300. The highest BCUT2D eigenvalue weighted by atomic mass is 16.6. The standard InChI is InChI=1S/C20H20N2O5/c23-19(21-15-6-7-16-18(12-15)27-10-9-26-16)13-3-1-4-14(11-13)22-20(24)17-5-2-8-25-17/h1,3-4,6-7,11-12,17H,2,5,8-10H2,(H,21,23)(H,22,24). The zero-order chi connectivity index (χ0) is 18.6. The Kier molecular flexibility index (Phi) is 4.93. The molecule has 2 aromatic carbocycles. The van der Waals surface area contributed by atoms with E-state index in [1.165, 1.54) is 0 Å². The van der Waals surface area contributed by atoms with Gasteiger partial charge in [0.15, 0.2) is 11.5 Å². The van der Waals surface area contributed by atoms with Gasteiger partial charge in [-0.25, -0.2) is 0 Å². The van der Waals surface area contributed by atoms with Gasteiger partial charge >= 0.3 is 0 Å². The van der Waals surface area contributed by atoms with Crippen LogP contribution in [0.5, 0.6) is 11.5 Å². The Morgan fingerprint density at radius 3 is 2.52 bits per heavy atom. The number of hydrogen-bond acceptors (Lipinski definition) is 5. The second-order valence-corrected chi connectivity index (χ2v) is 6.38. The predicted octanol–water partition coefficient (Wildman–Crippen LogP) is 2.83. The topological polar surface area (TPSA) is 85.9 Å². The first kappa shape index (κ1) is 17.4. The highest BCUT2D eigenvalue weighted by Crippen LogP contribution is 2.32. The molecule has 0 radical (unpaired) electrons. The molecule has 7 heteroatoms. The first-order chi connectivity index (χ1) is 13.2. The second-order valence-electron chi connectivity index (χ2n) is 6.38. The molecule has 2 N–H and O–H groups in total. The maximum Gasteiger partial charge on any atom is 0.255 e. The van der Waals surface area contributed by atoms with Crippen molar-refractivity contribution in [2.75, 3.05) is 30.5 Å². The molecule has 4 rings (SSSR count). The number of carbonyl (C=O) groups excluding carboxylic acids is 2. The summed E-state index contributed by atoms with van der Waals surface area (Å²) in [6.07, 6.45) is 1.19. The quantitative estimate of drug-likeness (QED) is 0.867. The smallest absolute Gasteiger partial charge is 0.255 e. The molecule has 2 aliphatic rings. The van der Waals surface area contributed by atoms with Crippen LogP contribution in [0, 0.1) is 0 Å². The molecule has 140 valence electrons. The fourth-order valence-corrected chi connectivity index (χ4v) is 3.07. The Morgan fingerprint density at radius 1 is 0.889 bits per heavy atom. The summed E-state index contributed by atoms with van der Waals surface area (Å²) in [5.41, 5.74) is 1.61. The molecule has 7 nitrogen and oxygen atoms in total. The van der Waals surface area contributed by atoms with E-state index in [1.807, 2.05) is 0 Å². The molecule has 1 unspecified atom stereocenters. The summed E-state index contributed by atoms with van der Waals surface area (Å²) in [5, 5.41) is 5.64. The molecule has 0 saturated carbocycles. The highest BCUT2D eigenvalue weighted by molar-refractivity contribution is 6.05. The molecule has 0 aromatic heterocycles. The van der Waals surface area contributed by atoms with Crippen molar-refractivity contribution in [3.05, 3.63) is 48.0 Å². The van der Waals surface area contributed by atoms with Gasteiger partial charge in [-0.2, -0.15) is 0 Å². The van der Waals surface area contributed by atoms with Gasteiger partial charge in [0.2, 0.25) is 0 Å². The maximum atomic E-state index is 12.6. The number of anilines is 2. The van der Waals surface area contributed by atoms with Crippen LogP contribution in [0.4, 0.5) is 11.4 Å². The molecular formula is C20H20N2O5. The Labute approximate surface area is 156 Å². The third-order valence-electron chi connectivity index (χ3n) is 4.41. The molecule has 0 spiro atoms. The molecule has 0 aliphatic carbocycles. The third-order valence-corrected chi connectivity index (χ3v) is 4.41. The molecule has 2 aliphatic heterocycles. The van der Waals surface area contributed by atoms with E-state index in [0.717, 1.165) is 12.8 Å². The average Bonchev–Trinajstić information content (AvgIpc) is 3.23. The number of hydrogen-bond donors (Lipinski definition) is 2. The van der Waals surface area contributed by atoms with Crippen molar-refractivity contribution in [3.8, 4) is 11.5 Å². The Balaban J connectivity index is 1.43. The van der Waals surface area contributed by atoms with Gasteiger partial charge in [-0.15, -0.1) is 0 Å². The number of rotatable bonds is 4. The van der Waals surface area contributed by atoms with Crippen molar-refractivity contribution in [3.63, 3.8) is 0 Å². The number of fused-ring (bicyclic) bond motifs is 1. The number of benzene rings is 2. The molecule has 0 bridgehead atoms. The number of nitrogens with one attached hydrogen (secondary N) is 2. The normalized spacial score (nSPS) is 18.0. The largest absolute Gasteiger partial charge is 0.486 e. The fourth-order valence-electron chi connectivity index (χ4n) is 3.07. The van der Waals surface area contributed by atoms with E-state index in [9.17, 15) is 9.59 Å². The summed E-state index contributed by atoms with van der Waals surface area (Å²) >= 11 is 0. The van der Waals surface area contributed by atoms with Gasteiger partial charge in [0.1, 0.15) is 19.3 Å². The monoisotopic (exact) mass is 368 g/mol. The molecule has 1 saturated heterocycles. The predicted molar refractivity (Wildman–Crippen MR) is 99.4 cm³/mol. The van der Waals surface area contributed by atoms with Gasteiger partial charge in [-0.1, -0.05) is 6.07 Å². The third kappa shape index (κ3) is 4.03. The SMILES string of the molecule is O=C(Nc1ccc2c(c1)OCCO2)c1cccc(NC(=O)C2CCCO2)c1. The summed E-state index contributed by atoms with van der Waals surface area (Å²) in [6, 6.07) is 12.1. The van der Waals surface area contributed by atoms with E-state index < -0.39 is 6.10 Å². The molecule has 2 amide bonds. The first-order valence-corrected chi connectivity index (χ1v) is 8.92. The molecule has 2 aromatic rings. The molecule has 2 heterocycles. The van der Waals surface area contributed by atoms with Crippen LogP contribution < -0.4 is 20.1 Å². The van der Waals surface area contributed by atoms with Gasteiger partial charge in [0, 0.05) is 29.6 Å². The van der Waals surface area contributed by atoms with E-state index in [1.54, 1.807) is 42.5 Å². The van der Waals surface area contributed by atoms with E-state index in [4.69, 9.17) is 14.2 Å². The van der Waals surface area contributed by atoms with E-state index in [0.29, 0.717) is 48.3 Å². The van der Waals surface area contributed by atoms with Crippen LogP contribution in [0.1, 0.15) is 23.2 Å². The van der Waals surface area contributed by atoms with Gasteiger partial charge in [0.05, 0.1) is 0 Å². The molecular weight excluding hydrogens is 348 g/mol. The van der Waals surface area contributed by atoms with Gasteiger partial charge in [-0.05, 0) is 43.2 Å². The molecule has 1 atom stereocenters. The minimum Gasteiger partial charge on any atom is -0.486 e. The van der Waals surface area contributed by atoms with Crippen LogP contribution in [0.15, 0.2) is 42.5 Å². The van der Waals surface area contributed by atoms with Gasteiger partial charge in [-0.3, -0.25) is 9.59 Å². The van der Waals surface area contributed by atoms with Crippen LogP contribution in [0.2, 0.25) is 0 Å². The van der Waals surface area contributed by atoms with E-state index in [2.05, 4.69) is 10.6 Å². The number of ether oxygens (including phenoxy) is 3. The van der Waals surface area contributed by atoms with Crippen LogP contribution in [0.25, 0.3) is 0 Å². The zero-order valence-corrected chi connectivity index (χ0v) is 14.7. The van der Waals surface area contributed by atoms with Crippen molar-refractivity contribution in [2.24, 2.45) is 0 Å². The van der Waals surface area contributed by atoms with Crippen LogP contribution in [0.3, 0.4) is 0 Å². The summed E-state index contributed by atoms with van der Waals surface area (Å²) in [7, 11) is 0. The summed E-state index contributed by atoms with van der Waals surface area (Å²) in [4.78, 5) is 24.7. The van der Waals surface area contributed by atoms with Gasteiger partial charge < -0.3 is 24.8 Å². The van der Waals surface area contributed by atoms with Gasteiger partial charge in [0.25, 0.3) is 11.8 Å². The summed E-state index contributed by atoms with van der Waals surface area (Å²) in [5.74, 6) is 0.812. The van der Waals surface area contributed by atoms with Crippen molar-refractivity contribution in [1.82, 2.24) is 0 Å². The Bertz CT molecular complexity index is 861. The Morgan fingerprint density at radius 2 is 1.70 bits per heavy atom. The highest BCUT2D eigenvalue weighted by Gasteiger charge is 2.23. The lowest BCUT2D eigenvalue weighted by Gasteiger charge is -2.19. The van der Waals surface area contributed by atoms with E-state index >= 15 is 0 Å². The van der Waals surface area contributed by atoms with E-state index in [-0.39, 0.29) is 11.8 Å². The number of carbonyl (C=O) groups is 2. The maximum absolute atomic E-state index is 12.6. The zero-order valence-electron chi connectivity index (χ0n) is 14.7. The van der Waals surface area contributed by atoms with Crippen LogP contribution in [-0.2, 0) is 9.53 Å². The minimum atomic E-state index is -0.416. The molecule has 1 fully saturated rings. The lowest BCUT2D eigenvalue weighted by Crippen LogP contribution is -2.27. The van der Waals surface area contributed by atoms with Crippen LogP contribution >= 0.6 is 0 Å². The van der Waals surface area contributed by atoms with Crippen LogP contribution in [-0.4, -0.2) is 37.7 Å². The van der Waals surface area contributed by atoms with Crippen molar-refractivity contribution >= 4 is 23.2 Å². The number of amides is 2. The lowest BCUT2D eigenvalue weighted by atomic mass is 10.1. The van der Waals surface area contributed by atoms with Crippen molar-refractivity contribution in [1.29, 1.82) is 0 Å². The summed E-state index contributed by atoms with van der Waals surface area (Å²) < 4.78 is 16.4. The minimum absolute atomic E-state index is 0.183. The lowest BCUT2D eigenvalue weighted by molar-refractivity contribution is -0.124. The van der Waals surface area contributed by atoms with Crippen molar-refractivity contribution < 1.29 is 23.8 Å². The first-order valence-electron chi connectivity index (χ1n) is 8.92. The summed E-state index contributed by atoms with van der Waals surface area (Å²) in [6.45, 7) is 1.61. The average molecular weight is 368 g/mol. The molecule has 27 heavy (non-hydrogen) atoms. The Hall–Kier alpha value is -3.06.